The van der Waals surface area contributed by atoms with Crippen molar-refractivity contribution < 1.29 is 67.4 Å². The van der Waals surface area contributed by atoms with Gasteiger partial charge in [-0.3, -0.25) is 77.1 Å². The molecule has 36 nitrogen and oxygen atoms in total. The lowest BCUT2D eigenvalue weighted by Crippen LogP contribution is -2.61. The van der Waals surface area contributed by atoms with E-state index in [4.69, 9.17) is 16.9 Å². The van der Waals surface area contributed by atoms with E-state index >= 15 is 9.59 Å². The number of nitrogens with one attached hydrogen (secondary N) is 14. The van der Waals surface area contributed by atoms with Gasteiger partial charge >= 0.3 is 0 Å². The zero-order valence-corrected chi connectivity index (χ0v) is 72.9. The number of anilines is 1. The van der Waals surface area contributed by atoms with Gasteiger partial charge in [0.15, 0.2) is 11.7 Å². The van der Waals surface area contributed by atoms with Crippen LogP contribution in [-0.4, -0.2) is 211 Å². The Morgan fingerprint density at radius 2 is 1.15 bits per heavy atom. The average molecular weight is 1720 g/mol. The Bertz CT molecular complexity index is 4640. The highest BCUT2D eigenvalue weighted by molar-refractivity contribution is 6.00. The lowest BCUT2D eigenvalue weighted by atomic mass is 9.97. The first kappa shape index (κ1) is 98.8. The van der Waals surface area contributed by atoms with Gasteiger partial charge in [-0.05, 0) is 117 Å². The van der Waals surface area contributed by atoms with Crippen molar-refractivity contribution in [2.24, 2.45) is 29.2 Å². The minimum absolute atomic E-state index is 0.0205. The number of aromatic amines is 2. The lowest BCUT2D eigenvalue weighted by Gasteiger charge is -2.38. The van der Waals surface area contributed by atoms with Crippen molar-refractivity contribution in [1.29, 1.82) is 5.41 Å². The quantitative estimate of drug-likeness (QED) is 0.0147. The van der Waals surface area contributed by atoms with Crippen LogP contribution in [0.15, 0.2) is 96.6 Å². The summed E-state index contributed by atoms with van der Waals surface area (Å²) < 4.78 is 1.06. The van der Waals surface area contributed by atoms with Crippen LogP contribution >= 0.6 is 0 Å². The van der Waals surface area contributed by atoms with E-state index in [2.05, 4.69) is 85.3 Å². The topological polar surface area (TPSA) is 536 Å². The van der Waals surface area contributed by atoms with Crippen LogP contribution in [0.25, 0.3) is 21.8 Å². The highest BCUT2D eigenvalue weighted by Gasteiger charge is 2.38. The molecule has 3 aromatic heterocycles. The van der Waals surface area contributed by atoms with Crippen molar-refractivity contribution in [1.82, 2.24) is 87.9 Å². The van der Waals surface area contributed by atoms with E-state index in [1.807, 2.05) is 36.9 Å². The minimum atomic E-state index is -1.73. The number of aromatic hydroxyl groups is 1. The maximum atomic E-state index is 15.1. The number of nitrogens with zero attached hydrogens (tertiary/aromatic N) is 5. The Labute approximate surface area is 723 Å². The summed E-state index contributed by atoms with van der Waals surface area (Å²) in [7, 11) is 0. The first-order chi connectivity index (χ1) is 59.2. The number of rotatable bonds is 53. The number of H-pyrrole nitrogens is 2. The molecule has 1 aliphatic rings. The third kappa shape index (κ3) is 32.2. The summed E-state index contributed by atoms with van der Waals surface area (Å²) in [6.07, 6.45) is 16.8. The summed E-state index contributed by atoms with van der Waals surface area (Å²) >= 11 is 0. The zero-order valence-electron chi connectivity index (χ0n) is 72.9. The maximum Gasteiger partial charge on any atom is 0.261 e. The Morgan fingerprint density at radius 3 is 1.77 bits per heavy atom. The van der Waals surface area contributed by atoms with Crippen molar-refractivity contribution >= 4 is 110 Å². The number of phenols is 1. The highest BCUT2D eigenvalue weighted by Crippen LogP contribution is 2.24. The normalized spacial score (nSPS) is 14.5. The number of hydrogen-bond acceptors (Lipinski definition) is 19. The summed E-state index contributed by atoms with van der Waals surface area (Å²) in [5.74, 6) is -10.3. The van der Waals surface area contributed by atoms with Gasteiger partial charge in [0.1, 0.15) is 60.6 Å². The number of aromatic nitrogens is 5. The largest absolute Gasteiger partial charge is 0.508 e. The summed E-state index contributed by atoms with van der Waals surface area (Å²) in [5, 5.41) is 49.1. The Hall–Kier alpha value is -12.3. The number of guanidine groups is 1. The van der Waals surface area contributed by atoms with Crippen LogP contribution in [0.3, 0.4) is 0 Å². The highest BCUT2D eigenvalue weighted by atomic mass is 16.3. The molecule has 676 valence electrons. The number of carbonyl (C=O) groups is 13. The molecule has 0 spiro atoms. The SMILES string of the molecule is CCCCCCCCCCCC(=O)NCCCC[C@H](NC(=O)[C@@H](NC(C)=O)[C@@H](C)CC)C(=O)N1CCN(c2ccc3ncn(CC(=O)N[C@@H](CCCNC(=N)N)C(=O)N[C@@H](Cc4c[nH]cn4)C(=O)N[C@@H](Cc4ccc(O)cc4)C(=O)N[C@@H](CC(C)C)C(=O)N[C@@H](CC(N)=O)C(=O)N[C@@H](Cc4c[nH]c5ccccc45)C(=O)N[C@H](C(C)=O)C(C)C)c(=O)c3c2)CC1. The van der Waals surface area contributed by atoms with Crippen LogP contribution in [0.4, 0.5) is 5.69 Å². The number of imidazole rings is 1. The van der Waals surface area contributed by atoms with Crippen molar-refractivity contribution in [2.75, 3.05) is 44.2 Å². The molecule has 10 atom stereocenters. The summed E-state index contributed by atoms with van der Waals surface area (Å²) in [4.78, 5) is 215. The lowest BCUT2D eigenvalue weighted by molar-refractivity contribution is -0.138. The second kappa shape index (κ2) is 50.3. The predicted octanol–water partition coefficient (Wildman–Crippen LogP) is 3.75. The Morgan fingerprint density at radius 1 is 0.556 bits per heavy atom. The first-order valence-corrected chi connectivity index (χ1v) is 43.4. The summed E-state index contributed by atoms with van der Waals surface area (Å²) in [6.45, 7) is 16.5. The van der Waals surface area contributed by atoms with Crippen LogP contribution in [0.5, 0.6) is 5.75 Å². The fourth-order valence-corrected chi connectivity index (χ4v) is 15.0. The van der Waals surface area contributed by atoms with E-state index in [0.717, 1.165) is 34.7 Å². The number of piperazine rings is 1. The van der Waals surface area contributed by atoms with Gasteiger partial charge in [-0.15, -0.1) is 0 Å². The van der Waals surface area contributed by atoms with E-state index in [9.17, 15) is 62.6 Å². The number of primary amides is 1. The summed E-state index contributed by atoms with van der Waals surface area (Å²) in [6, 6.07) is 6.08. The van der Waals surface area contributed by atoms with Gasteiger partial charge < -0.3 is 94.8 Å². The van der Waals surface area contributed by atoms with E-state index in [0.29, 0.717) is 67.6 Å². The molecule has 6 aromatic rings. The number of unbranched alkanes of at least 4 members (excludes halogenated alkanes) is 9. The number of Topliss-reactive ketones (excluding diaryl/α,β-unsaturated/α-hetero) is 1. The molecule has 3 aromatic carbocycles. The van der Waals surface area contributed by atoms with Crippen LogP contribution in [-0.2, 0) is 88.1 Å². The van der Waals surface area contributed by atoms with Gasteiger partial charge in [0.25, 0.3) is 5.56 Å². The molecule has 19 N–H and O–H groups in total. The Balaban J connectivity index is 1.05. The first-order valence-electron chi connectivity index (χ1n) is 43.4. The molecule has 124 heavy (non-hydrogen) atoms. The third-order valence-electron chi connectivity index (χ3n) is 22.1. The standard InChI is InChI=1S/C88H129N21O15/c1-10-12-13-14-15-16-17-18-19-29-75(114)93-36-23-22-27-68(100-85(122)78(55(7)11-2)98-57(9)111)87(124)108-40-38-107(39-41-108)61-32-35-66-64(46-61)86(123)109(52-97-66)50-76(115)99-67(28-24-37-94-88(90)91)79(116)104-72(45-60-49-92-51-96-60)82(119)102-70(43-58-30-33-62(112)34-31-58)81(118)101-69(42-53(3)4)80(117)105-73(47-74(89)113)83(120)103-71(84(121)106-77(54(5)6)56(8)110)44-59-48-95-65-26-21-20-25-63(59)65/h20-21,25-26,30-35,46,48-49,51-55,67-73,77-78,95,112H,10-19,22-24,27-29,36-45,47,50H2,1-9H3,(H2,89,113)(H,92,96)(H,93,114)(H,98,111)(H,99,115)(H,100,122)(H,101,118)(H,102,119)(H,103,120)(H,104,116)(H,105,117)(H,106,121)(H4,90,91,94)/t55-,67-,68-,69-,70-,71-,72-,73-,77-,78-/m0/s1. The molecular weight excluding hydrogens is 1590 g/mol. The number of benzene rings is 3. The summed E-state index contributed by atoms with van der Waals surface area (Å²) in [5.41, 5.74) is 13.6. The Kier molecular flexibility index (Phi) is 40.1. The molecule has 7 rings (SSSR count). The number of fused-ring (bicyclic) bond motifs is 2. The van der Waals surface area contributed by atoms with E-state index in [1.165, 1.54) is 95.5 Å². The van der Waals surface area contributed by atoms with Crippen molar-refractivity contribution in [3.8, 4) is 5.75 Å². The van der Waals surface area contributed by atoms with Gasteiger partial charge in [0.05, 0.1) is 41.7 Å². The van der Waals surface area contributed by atoms with Crippen molar-refractivity contribution in [3.05, 3.63) is 119 Å². The van der Waals surface area contributed by atoms with E-state index < -0.39 is 126 Å². The molecule has 1 saturated heterocycles. The second-order valence-corrected chi connectivity index (χ2v) is 33.0. The van der Waals surface area contributed by atoms with E-state index in [1.54, 1.807) is 63.1 Å². The van der Waals surface area contributed by atoms with Gasteiger partial charge in [-0.25, -0.2) is 9.97 Å². The number of amides is 12. The maximum absolute atomic E-state index is 15.1. The third-order valence-corrected chi connectivity index (χ3v) is 22.1. The molecule has 1 fully saturated rings. The zero-order chi connectivity index (χ0) is 90.5. The van der Waals surface area contributed by atoms with Gasteiger partial charge in [0, 0.05) is 101 Å². The number of phenolic OH excluding ortho intramolecular Hbond substituents is 1. The van der Waals surface area contributed by atoms with Gasteiger partial charge in [-0.1, -0.05) is 137 Å². The van der Waals surface area contributed by atoms with Gasteiger partial charge in [-0.2, -0.15) is 0 Å². The molecular formula is C88H129N21O15. The van der Waals surface area contributed by atoms with Crippen molar-refractivity contribution in [3.63, 3.8) is 0 Å². The molecule has 36 heteroatoms. The fraction of sp³-hybridized carbons (Fsp3) is 0.557. The van der Waals surface area contributed by atoms with Crippen LogP contribution < -0.4 is 80.4 Å². The number of carbonyl (C=O) groups excluding carboxylic acids is 13. The number of nitrogens with two attached hydrogens (primary N) is 2. The molecule has 0 saturated carbocycles. The monoisotopic (exact) mass is 1720 g/mol. The van der Waals surface area contributed by atoms with Crippen LogP contribution in [0.2, 0.25) is 0 Å². The number of ketones is 1. The predicted molar refractivity (Wildman–Crippen MR) is 470 cm³/mol. The van der Waals surface area contributed by atoms with Gasteiger partial charge in [0.2, 0.25) is 70.9 Å². The van der Waals surface area contributed by atoms with Crippen LogP contribution in [0.1, 0.15) is 195 Å². The molecule has 0 aliphatic carbocycles. The van der Waals surface area contributed by atoms with Crippen molar-refractivity contribution in [2.45, 2.75) is 258 Å². The smallest absolute Gasteiger partial charge is 0.261 e. The number of para-hydroxylation sites is 1. The fourth-order valence-electron chi connectivity index (χ4n) is 15.0. The molecule has 4 heterocycles. The molecule has 0 unspecified atom stereocenters. The van der Waals surface area contributed by atoms with E-state index in [-0.39, 0.29) is 129 Å². The molecule has 0 radical (unpaired) electrons. The second-order valence-electron chi connectivity index (χ2n) is 33.0. The molecule has 1 aliphatic heterocycles. The molecule has 0 bridgehead atoms. The van der Waals surface area contributed by atoms with Crippen LogP contribution in [0, 0.1) is 23.2 Å². The minimum Gasteiger partial charge on any atom is -0.508 e. The molecule has 12 amide bonds. The average Bonchev–Trinajstić information content (AvgIpc) is 0.814. The number of hydrogen-bond donors (Lipinski definition) is 17.